The van der Waals surface area contributed by atoms with E-state index in [-0.39, 0.29) is 10.0 Å². The van der Waals surface area contributed by atoms with E-state index < -0.39 is 31.6 Å². The van der Waals surface area contributed by atoms with Gasteiger partial charge in [-0.15, -0.1) is 0 Å². The summed E-state index contributed by atoms with van der Waals surface area (Å²) in [5.74, 6) is -2.00. The van der Waals surface area contributed by atoms with Crippen LogP contribution in [-0.2, 0) is 24.7 Å². The summed E-state index contributed by atoms with van der Waals surface area (Å²) >= 11 is 0.998. The largest absolute Gasteiger partial charge is 0.301 e. The van der Waals surface area contributed by atoms with Gasteiger partial charge < -0.3 is 5.32 Å². The van der Waals surface area contributed by atoms with E-state index in [0.29, 0.717) is 10.2 Å². The quantitative estimate of drug-likeness (QED) is 0.769. The maximum absolute atomic E-state index is 11.4. The molecule has 0 spiro atoms. The molecular formula is C10H10N2O6S3. The summed E-state index contributed by atoms with van der Waals surface area (Å²) in [7, 11) is -7.77. The van der Waals surface area contributed by atoms with Crippen LogP contribution < -0.4 is 5.32 Å². The van der Waals surface area contributed by atoms with Gasteiger partial charge >= 0.3 is 0 Å². The molecule has 0 bridgehead atoms. The molecule has 0 aliphatic rings. The molecule has 2 aromatic rings. The maximum atomic E-state index is 11.4. The topological polar surface area (TPSA) is 130 Å². The Morgan fingerprint density at radius 1 is 1.33 bits per heavy atom. The Morgan fingerprint density at radius 3 is 2.57 bits per heavy atom. The van der Waals surface area contributed by atoms with Gasteiger partial charge in [0.15, 0.2) is 20.7 Å². The molecular weight excluding hydrogens is 340 g/mol. The normalized spacial score (nSPS) is 12.5. The molecule has 114 valence electrons. The predicted octanol–water partition coefficient (Wildman–Crippen LogP) is 0.526. The van der Waals surface area contributed by atoms with Gasteiger partial charge in [0.2, 0.25) is 5.91 Å². The Morgan fingerprint density at radius 2 is 2.00 bits per heavy atom. The molecule has 0 saturated heterocycles. The summed E-state index contributed by atoms with van der Waals surface area (Å²) in [4.78, 5) is 15.5. The van der Waals surface area contributed by atoms with Crippen molar-refractivity contribution in [2.24, 2.45) is 0 Å². The van der Waals surface area contributed by atoms with Crippen LogP contribution in [0.2, 0.25) is 0 Å². The minimum atomic E-state index is -4.41. The molecule has 0 aliphatic heterocycles. The lowest BCUT2D eigenvalue weighted by molar-refractivity contribution is -0.113. The molecule has 1 aromatic heterocycles. The second kappa shape index (κ2) is 5.33. The van der Waals surface area contributed by atoms with Gasteiger partial charge in [-0.2, -0.15) is 8.42 Å². The van der Waals surface area contributed by atoms with Gasteiger partial charge in [-0.05, 0) is 18.2 Å². The first-order valence-corrected chi connectivity index (χ1v) is 9.72. The van der Waals surface area contributed by atoms with Crippen LogP contribution in [0.1, 0.15) is 0 Å². The Labute approximate surface area is 124 Å². The molecule has 0 atom stereocenters. The Hall–Kier alpha value is -1.56. The first-order chi connectivity index (χ1) is 9.54. The van der Waals surface area contributed by atoms with E-state index >= 15 is 0 Å². The van der Waals surface area contributed by atoms with Crippen LogP contribution in [0.25, 0.3) is 10.2 Å². The number of aromatic nitrogens is 1. The number of hydrogen-bond donors (Lipinski definition) is 2. The predicted molar refractivity (Wildman–Crippen MR) is 77.8 cm³/mol. The van der Waals surface area contributed by atoms with E-state index in [1.165, 1.54) is 18.2 Å². The van der Waals surface area contributed by atoms with Crippen LogP contribution in [0.3, 0.4) is 0 Å². The fourth-order valence-electron chi connectivity index (χ4n) is 1.51. The zero-order valence-electron chi connectivity index (χ0n) is 10.6. The number of nitrogens with one attached hydrogen (secondary N) is 1. The lowest BCUT2D eigenvalue weighted by Crippen LogP contribution is -2.22. The van der Waals surface area contributed by atoms with Crippen molar-refractivity contribution in [3.05, 3.63) is 18.2 Å². The molecule has 2 N–H and O–H groups in total. The number of carbonyl (C=O) groups excluding carboxylic acids is 1. The van der Waals surface area contributed by atoms with Gasteiger partial charge in [0.05, 0.1) is 15.1 Å². The highest BCUT2D eigenvalue weighted by Gasteiger charge is 2.15. The molecule has 0 fully saturated rings. The molecule has 11 heteroatoms. The Bertz CT molecular complexity index is 913. The van der Waals surface area contributed by atoms with Crippen molar-refractivity contribution < 1.29 is 26.2 Å². The molecule has 1 heterocycles. The van der Waals surface area contributed by atoms with Crippen LogP contribution >= 0.6 is 11.3 Å². The SMILES string of the molecule is CS(=O)(=O)c1ccc2nc(NC(=O)CS(=O)(=O)O)sc2c1. The number of thiazole rings is 1. The number of fused-ring (bicyclic) bond motifs is 1. The summed E-state index contributed by atoms with van der Waals surface area (Å²) in [5.41, 5.74) is 0.467. The molecule has 8 nitrogen and oxygen atoms in total. The van der Waals surface area contributed by atoms with E-state index in [2.05, 4.69) is 10.3 Å². The second-order valence-corrected chi connectivity index (χ2v) is 8.69. The van der Waals surface area contributed by atoms with E-state index in [9.17, 15) is 21.6 Å². The standard InChI is InChI=1S/C10H10N2O6S3/c1-20(14,15)6-2-3-7-8(4-6)19-10(11-7)12-9(13)5-21(16,17)18/h2-4H,5H2,1H3,(H,11,12,13)(H,16,17,18). The second-order valence-electron chi connectivity index (χ2n) is 4.20. The lowest BCUT2D eigenvalue weighted by Gasteiger charge is -1.97. The zero-order chi connectivity index (χ0) is 15.8. The molecule has 0 radical (unpaired) electrons. The van der Waals surface area contributed by atoms with Crippen molar-refractivity contribution in [1.82, 2.24) is 4.98 Å². The molecule has 0 unspecified atom stereocenters. The van der Waals surface area contributed by atoms with E-state index in [4.69, 9.17) is 4.55 Å². The first-order valence-electron chi connectivity index (χ1n) is 5.40. The number of sulfone groups is 1. The number of benzene rings is 1. The van der Waals surface area contributed by atoms with Crippen molar-refractivity contribution in [3.63, 3.8) is 0 Å². The third kappa shape index (κ3) is 4.20. The smallest absolute Gasteiger partial charge is 0.274 e. The number of hydrogen-bond acceptors (Lipinski definition) is 7. The molecule has 1 aromatic carbocycles. The van der Waals surface area contributed by atoms with Crippen molar-refractivity contribution in [2.75, 3.05) is 17.3 Å². The van der Waals surface area contributed by atoms with Gasteiger partial charge in [-0.3, -0.25) is 9.35 Å². The van der Waals surface area contributed by atoms with Crippen molar-refractivity contribution in [3.8, 4) is 0 Å². The summed E-state index contributed by atoms with van der Waals surface area (Å²) < 4.78 is 53.1. The summed E-state index contributed by atoms with van der Waals surface area (Å²) in [5, 5.41) is 2.34. The third-order valence-corrected chi connectivity index (χ3v) is 5.02. The minimum Gasteiger partial charge on any atom is -0.301 e. The van der Waals surface area contributed by atoms with Crippen molar-refractivity contribution in [2.45, 2.75) is 4.90 Å². The maximum Gasteiger partial charge on any atom is 0.274 e. The Balaban J connectivity index is 2.29. The van der Waals surface area contributed by atoms with E-state index in [1.807, 2.05) is 0 Å². The minimum absolute atomic E-state index is 0.115. The van der Waals surface area contributed by atoms with Crippen LogP contribution in [0, 0.1) is 0 Å². The third-order valence-electron chi connectivity index (χ3n) is 2.35. The van der Waals surface area contributed by atoms with Crippen LogP contribution in [0.5, 0.6) is 0 Å². The fourth-order valence-corrected chi connectivity index (χ4v) is 3.56. The van der Waals surface area contributed by atoms with E-state index in [1.54, 1.807) is 0 Å². The van der Waals surface area contributed by atoms with Crippen molar-refractivity contribution in [1.29, 1.82) is 0 Å². The van der Waals surface area contributed by atoms with Gasteiger partial charge in [0, 0.05) is 6.26 Å². The summed E-state index contributed by atoms with van der Waals surface area (Å²) in [6.45, 7) is 0. The van der Waals surface area contributed by atoms with Gasteiger partial charge in [-0.1, -0.05) is 11.3 Å². The number of anilines is 1. The summed E-state index contributed by atoms with van der Waals surface area (Å²) in [6.07, 6.45) is 1.07. The van der Waals surface area contributed by atoms with E-state index in [0.717, 1.165) is 17.6 Å². The highest BCUT2D eigenvalue weighted by molar-refractivity contribution is 7.90. The molecule has 1 amide bonds. The molecule has 2 rings (SSSR count). The van der Waals surface area contributed by atoms with Crippen LogP contribution in [0.4, 0.5) is 5.13 Å². The van der Waals surface area contributed by atoms with Crippen LogP contribution in [-0.4, -0.2) is 44.3 Å². The zero-order valence-corrected chi connectivity index (χ0v) is 13.0. The average Bonchev–Trinajstić information content (AvgIpc) is 2.65. The van der Waals surface area contributed by atoms with Crippen LogP contribution in [0.15, 0.2) is 23.1 Å². The van der Waals surface area contributed by atoms with Gasteiger partial charge in [-0.25, -0.2) is 13.4 Å². The Kier molecular flexibility index (Phi) is 4.02. The number of nitrogens with zero attached hydrogens (tertiary/aromatic N) is 1. The fraction of sp³-hybridized carbons (Fsp3) is 0.200. The van der Waals surface area contributed by atoms with Gasteiger partial charge in [0.1, 0.15) is 0 Å². The average molecular weight is 350 g/mol. The monoisotopic (exact) mass is 350 g/mol. The number of rotatable bonds is 4. The summed E-state index contributed by atoms with van der Waals surface area (Å²) in [6, 6.07) is 4.29. The first kappa shape index (κ1) is 15.8. The number of amides is 1. The molecule has 0 saturated carbocycles. The molecule has 0 aliphatic carbocycles. The number of carbonyl (C=O) groups is 1. The highest BCUT2D eigenvalue weighted by atomic mass is 32.2. The lowest BCUT2D eigenvalue weighted by atomic mass is 10.3. The van der Waals surface area contributed by atoms with Crippen molar-refractivity contribution >= 4 is 52.5 Å². The van der Waals surface area contributed by atoms with Gasteiger partial charge in [0.25, 0.3) is 10.1 Å². The highest BCUT2D eigenvalue weighted by Crippen LogP contribution is 2.28. The molecule has 21 heavy (non-hydrogen) atoms.